The maximum Gasteiger partial charge on any atom is 0.306 e. The molecule has 18 heavy (non-hydrogen) atoms. The number of carbonyl (C=O) groups is 2. The number of carbonyl (C=O) groups excluding carboxylic acids is 1. The lowest BCUT2D eigenvalue weighted by Gasteiger charge is -2.34. The number of nitrogens with two attached hydrogens (primary N) is 1. The quantitative estimate of drug-likeness (QED) is 0.727. The van der Waals surface area contributed by atoms with Crippen molar-refractivity contribution in [1.82, 2.24) is 4.90 Å². The second-order valence-electron chi connectivity index (χ2n) is 5.11. The van der Waals surface area contributed by atoms with Crippen molar-refractivity contribution in [2.24, 2.45) is 11.7 Å². The van der Waals surface area contributed by atoms with Crippen LogP contribution >= 0.6 is 0 Å². The van der Waals surface area contributed by atoms with Gasteiger partial charge in [-0.1, -0.05) is 13.8 Å². The van der Waals surface area contributed by atoms with Gasteiger partial charge in [0.05, 0.1) is 25.2 Å². The van der Waals surface area contributed by atoms with Crippen LogP contribution in [0.1, 0.15) is 26.7 Å². The van der Waals surface area contributed by atoms with E-state index in [9.17, 15) is 9.59 Å². The monoisotopic (exact) mass is 258 g/mol. The molecule has 2 atom stereocenters. The van der Waals surface area contributed by atoms with Crippen molar-refractivity contribution in [1.29, 1.82) is 0 Å². The smallest absolute Gasteiger partial charge is 0.306 e. The van der Waals surface area contributed by atoms with E-state index in [4.69, 9.17) is 15.6 Å². The summed E-state index contributed by atoms with van der Waals surface area (Å²) in [5, 5.41) is 8.71. The minimum atomic E-state index is -0.916. The molecule has 1 aliphatic rings. The molecule has 1 rings (SSSR count). The van der Waals surface area contributed by atoms with E-state index in [1.54, 1.807) is 4.90 Å². The first-order chi connectivity index (χ1) is 8.40. The molecule has 0 aromatic rings. The van der Waals surface area contributed by atoms with Crippen LogP contribution in [0.3, 0.4) is 0 Å². The van der Waals surface area contributed by atoms with Crippen molar-refractivity contribution >= 4 is 11.9 Å². The van der Waals surface area contributed by atoms with Crippen molar-refractivity contribution < 1.29 is 19.4 Å². The number of carboxylic acid groups (broad SMARTS) is 1. The highest BCUT2D eigenvalue weighted by Gasteiger charge is 2.28. The number of hydrogen-bond acceptors (Lipinski definition) is 4. The van der Waals surface area contributed by atoms with E-state index in [2.05, 4.69) is 0 Å². The van der Waals surface area contributed by atoms with Gasteiger partial charge in [-0.25, -0.2) is 0 Å². The summed E-state index contributed by atoms with van der Waals surface area (Å²) in [5.74, 6) is -0.664. The van der Waals surface area contributed by atoms with Crippen molar-refractivity contribution in [2.45, 2.75) is 38.8 Å². The van der Waals surface area contributed by atoms with Gasteiger partial charge in [0.25, 0.3) is 0 Å². The number of hydrogen-bond donors (Lipinski definition) is 2. The van der Waals surface area contributed by atoms with Gasteiger partial charge in [0.2, 0.25) is 5.91 Å². The fraction of sp³-hybridized carbons (Fsp3) is 0.833. The molecule has 3 N–H and O–H groups in total. The number of morpholine rings is 1. The van der Waals surface area contributed by atoms with Crippen LogP contribution in [-0.2, 0) is 14.3 Å². The molecule has 0 bridgehead atoms. The molecular formula is C12H22N2O4. The molecular weight excluding hydrogens is 236 g/mol. The largest absolute Gasteiger partial charge is 0.481 e. The van der Waals surface area contributed by atoms with E-state index in [-0.39, 0.29) is 12.3 Å². The van der Waals surface area contributed by atoms with Gasteiger partial charge in [-0.05, 0) is 12.3 Å². The van der Waals surface area contributed by atoms with E-state index in [0.717, 1.165) is 0 Å². The first kappa shape index (κ1) is 14.9. The van der Waals surface area contributed by atoms with Crippen LogP contribution in [0.25, 0.3) is 0 Å². The standard InChI is InChI=1S/C12H22N2O4/c1-8(2)5-10(13)12(17)14-3-4-18-9(7-14)6-11(15)16/h8-10H,3-7,13H2,1-2H3,(H,15,16)/t9?,10-/m1/s1. The Hall–Kier alpha value is -1.14. The molecule has 6 heteroatoms. The lowest BCUT2D eigenvalue weighted by atomic mass is 10.0. The normalized spacial score (nSPS) is 22.0. The molecule has 0 aliphatic carbocycles. The number of rotatable bonds is 5. The van der Waals surface area contributed by atoms with Gasteiger partial charge in [0.15, 0.2) is 0 Å². The second kappa shape index (κ2) is 6.70. The van der Waals surface area contributed by atoms with Gasteiger partial charge in [-0.3, -0.25) is 9.59 Å². The second-order valence-corrected chi connectivity index (χ2v) is 5.11. The van der Waals surface area contributed by atoms with Gasteiger partial charge in [0.1, 0.15) is 0 Å². The Balaban J connectivity index is 2.49. The Kier molecular flexibility index (Phi) is 5.55. The van der Waals surface area contributed by atoms with Crippen LogP contribution in [0.4, 0.5) is 0 Å². The Morgan fingerprint density at radius 1 is 1.50 bits per heavy atom. The summed E-state index contributed by atoms with van der Waals surface area (Å²) in [6, 6.07) is -0.506. The molecule has 0 saturated carbocycles. The fourth-order valence-corrected chi connectivity index (χ4v) is 2.08. The Bertz CT molecular complexity index is 306. The maximum absolute atomic E-state index is 12.1. The molecule has 0 radical (unpaired) electrons. The lowest BCUT2D eigenvalue weighted by molar-refractivity contribution is -0.148. The van der Waals surface area contributed by atoms with E-state index in [1.807, 2.05) is 13.8 Å². The minimum Gasteiger partial charge on any atom is -0.481 e. The van der Waals surface area contributed by atoms with E-state index < -0.39 is 18.1 Å². The molecule has 1 aliphatic heterocycles. The van der Waals surface area contributed by atoms with Crippen LogP contribution in [0.15, 0.2) is 0 Å². The highest BCUT2D eigenvalue weighted by molar-refractivity contribution is 5.81. The highest BCUT2D eigenvalue weighted by atomic mass is 16.5. The van der Waals surface area contributed by atoms with Gasteiger partial charge in [0, 0.05) is 13.1 Å². The molecule has 0 aromatic carbocycles. The summed E-state index contributed by atoms with van der Waals surface area (Å²) in [6.07, 6.45) is 0.134. The van der Waals surface area contributed by atoms with Crippen molar-refractivity contribution in [3.8, 4) is 0 Å². The zero-order valence-electron chi connectivity index (χ0n) is 11.0. The minimum absolute atomic E-state index is 0.0802. The Morgan fingerprint density at radius 2 is 2.17 bits per heavy atom. The lowest BCUT2D eigenvalue weighted by Crippen LogP contribution is -2.52. The van der Waals surface area contributed by atoms with Crippen molar-refractivity contribution in [3.05, 3.63) is 0 Å². The van der Waals surface area contributed by atoms with Crippen LogP contribution in [-0.4, -0.2) is 53.7 Å². The summed E-state index contributed by atoms with van der Waals surface area (Å²) < 4.78 is 5.31. The molecule has 1 amide bonds. The molecule has 0 spiro atoms. The molecule has 0 aromatic heterocycles. The van der Waals surface area contributed by atoms with Crippen molar-refractivity contribution in [3.63, 3.8) is 0 Å². The van der Waals surface area contributed by atoms with E-state index >= 15 is 0 Å². The SMILES string of the molecule is CC(C)C[C@@H](N)C(=O)N1CCOC(CC(=O)O)C1. The molecule has 1 unspecified atom stereocenters. The third-order valence-corrected chi connectivity index (χ3v) is 2.90. The highest BCUT2D eigenvalue weighted by Crippen LogP contribution is 2.12. The summed E-state index contributed by atoms with van der Waals surface area (Å²) in [6.45, 7) is 5.20. The van der Waals surface area contributed by atoms with Gasteiger partial charge in [-0.15, -0.1) is 0 Å². The van der Waals surface area contributed by atoms with Crippen molar-refractivity contribution in [2.75, 3.05) is 19.7 Å². The number of carboxylic acids is 1. The van der Waals surface area contributed by atoms with Crippen LogP contribution < -0.4 is 5.73 Å². The average molecular weight is 258 g/mol. The number of nitrogens with zero attached hydrogens (tertiary/aromatic N) is 1. The zero-order valence-corrected chi connectivity index (χ0v) is 11.0. The van der Waals surface area contributed by atoms with Crippen LogP contribution in [0.2, 0.25) is 0 Å². The summed E-state index contributed by atoms with van der Waals surface area (Å²) in [7, 11) is 0. The predicted octanol–water partition coefficient (Wildman–Crippen LogP) is 0.0619. The number of amides is 1. The van der Waals surface area contributed by atoms with Crippen LogP contribution in [0.5, 0.6) is 0 Å². The van der Waals surface area contributed by atoms with Gasteiger partial charge in [-0.2, -0.15) is 0 Å². The Morgan fingerprint density at radius 3 is 2.72 bits per heavy atom. The molecule has 1 fully saturated rings. The first-order valence-corrected chi connectivity index (χ1v) is 6.28. The Labute approximate surface area is 107 Å². The fourth-order valence-electron chi connectivity index (χ4n) is 2.08. The molecule has 6 nitrogen and oxygen atoms in total. The van der Waals surface area contributed by atoms with Gasteiger partial charge >= 0.3 is 5.97 Å². The molecule has 104 valence electrons. The average Bonchev–Trinajstić information content (AvgIpc) is 2.26. The van der Waals surface area contributed by atoms with E-state index in [0.29, 0.717) is 32.0 Å². The summed E-state index contributed by atoms with van der Waals surface area (Å²) >= 11 is 0. The third kappa shape index (κ3) is 4.62. The van der Waals surface area contributed by atoms with Crippen LogP contribution in [0, 0.1) is 5.92 Å². The zero-order chi connectivity index (χ0) is 13.7. The molecule has 1 heterocycles. The number of ether oxygens (including phenoxy) is 1. The maximum atomic E-state index is 12.1. The summed E-state index contributed by atoms with van der Waals surface area (Å²) in [4.78, 5) is 24.3. The molecule has 1 saturated heterocycles. The first-order valence-electron chi connectivity index (χ1n) is 6.28. The summed E-state index contributed by atoms with van der Waals surface area (Å²) in [5.41, 5.74) is 5.85. The van der Waals surface area contributed by atoms with E-state index in [1.165, 1.54) is 0 Å². The van der Waals surface area contributed by atoms with Gasteiger partial charge < -0.3 is 20.5 Å². The number of aliphatic carboxylic acids is 1. The third-order valence-electron chi connectivity index (χ3n) is 2.90. The predicted molar refractivity (Wildman–Crippen MR) is 66.0 cm³/mol. The topological polar surface area (TPSA) is 92.9 Å².